The second-order valence-corrected chi connectivity index (χ2v) is 4.37. The van der Waals surface area contributed by atoms with E-state index in [1.54, 1.807) is 17.0 Å². The molecule has 2 bridgehead atoms. The van der Waals surface area contributed by atoms with Crippen LogP contribution in [-0.4, -0.2) is 29.5 Å². The molecule has 6 heteroatoms. The lowest BCUT2D eigenvalue weighted by atomic mass is 9.90. The Hall–Kier alpha value is -1.95. The minimum Gasteiger partial charge on any atom is -0.310 e. The van der Waals surface area contributed by atoms with Crippen molar-refractivity contribution in [3.63, 3.8) is 0 Å². The molecule has 88 valence electrons. The van der Waals surface area contributed by atoms with Crippen LogP contribution in [0.2, 0.25) is 0 Å². The summed E-state index contributed by atoms with van der Waals surface area (Å²) in [5, 5.41) is 13.7. The maximum absolute atomic E-state index is 11.9. The van der Waals surface area contributed by atoms with Gasteiger partial charge in [-0.15, -0.1) is 0 Å². The molecule has 1 aromatic carbocycles. The molecule has 4 rings (SSSR count). The summed E-state index contributed by atoms with van der Waals surface area (Å²) < 4.78 is 0. The third-order valence-electron chi connectivity index (χ3n) is 3.30. The monoisotopic (exact) mass is 233 g/mol. The van der Waals surface area contributed by atoms with Gasteiger partial charge in [0.25, 0.3) is 5.69 Å². The summed E-state index contributed by atoms with van der Waals surface area (Å²) >= 11 is 0. The molecule has 1 aromatic rings. The Morgan fingerprint density at radius 3 is 2.53 bits per heavy atom. The summed E-state index contributed by atoms with van der Waals surface area (Å²) in [4.78, 5) is 23.7. The highest BCUT2D eigenvalue weighted by Gasteiger charge is 2.43. The zero-order valence-electron chi connectivity index (χ0n) is 9.00. The van der Waals surface area contributed by atoms with Crippen molar-refractivity contribution in [3.8, 4) is 0 Å². The quantitative estimate of drug-likeness (QED) is 0.601. The van der Waals surface area contributed by atoms with E-state index in [2.05, 4.69) is 5.32 Å². The molecule has 0 radical (unpaired) electrons. The van der Waals surface area contributed by atoms with Gasteiger partial charge in [0.15, 0.2) is 0 Å². The number of rotatable bonds is 2. The summed E-state index contributed by atoms with van der Waals surface area (Å²) in [6, 6.07) is 6.41. The largest absolute Gasteiger partial charge is 0.310 e. The fraction of sp³-hybridized carbons (Fsp3) is 0.364. The molecule has 17 heavy (non-hydrogen) atoms. The summed E-state index contributed by atoms with van der Waals surface area (Å²) in [5.41, 5.74) is 0.776. The fourth-order valence-electron chi connectivity index (χ4n) is 2.33. The molecule has 2 atom stereocenters. The molecule has 3 fully saturated rings. The topological polar surface area (TPSA) is 75.5 Å². The van der Waals surface area contributed by atoms with Crippen LogP contribution in [0.25, 0.3) is 0 Å². The van der Waals surface area contributed by atoms with E-state index in [1.807, 2.05) is 0 Å². The van der Waals surface area contributed by atoms with E-state index in [-0.39, 0.29) is 17.6 Å². The lowest BCUT2D eigenvalue weighted by molar-refractivity contribution is -0.384. The van der Waals surface area contributed by atoms with Crippen molar-refractivity contribution in [3.05, 3.63) is 34.4 Å². The molecule has 0 aliphatic carbocycles. The number of piperidine rings is 1. The van der Waals surface area contributed by atoms with Crippen LogP contribution >= 0.6 is 0 Å². The highest BCUT2D eigenvalue weighted by atomic mass is 16.6. The van der Waals surface area contributed by atoms with Crippen LogP contribution < -0.4 is 10.2 Å². The van der Waals surface area contributed by atoms with Gasteiger partial charge in [-0.2, -0.15) is 0 Å². The number of anilines is 1. The highest BCUT2D eigenvalue weighted by molar-refractivity contribution is 5.99. The van der Waals surface area contributed by atoms with Gasteiger partial charge in [-0.25, -0.2) is 0 Å². The van der Waals surface area contributed by atoms with Gasteiger partial charge in [0, 0.05) is 30.4 Å². The number of non-ortho nitro benzene ring substituents is 1. The zero-order valence-corrected chi connectivity index (χ0v) is 9.00. The molecule has 0 aromatic heterocycles. The molecule has 3 heterocycles. The molecule has 1 amide bonds. The van der Waals surface area contributed by atoms with Gasteiger partial charge < -0.3 is 10.2 Å². The molecule has 1 N–H and O–H groups in total. The van der Waals surface area contributed by atoms with E-state index in [0.29, 0.717) is 12.6 Å². The Morgan fingerprint density at radius 2 is 2.00 bits per heavy atom. The fourth-order valence-corrected chi connectivity index (χ4v) is 2.33. The van der Waals surface area contributed by atoms with Crippen molar-refractivity contribution in [2.45, 2.75) is 18.5 Å². The van der Waals surface area contributed by atoms with E-state index in [4.69, 9.17) is 0 Å². The second kappa shape index (κ2) is 3.53. The predicted octanol–water partition coefficient (Wildman–Crippen LogP) is 0.672. The number of nitrogens with zero attached hydrogens (tertiary/aromatic N) is 2. The Bertz CT molecular complexity index is 479. The number of nitrogens with one attached hydrogen (secondary N) is 1. The summed E-state index contributed by atoms with van der Waals surface area (Å²) in [6.45, 7) is 0.646. The maximum atomic E-state index is 11.9. The van der Waals surface area contributed by atoms with Crippen LogP contribution in [-0.2, 0) is 4.79 Å². The van der Waals surface area contributed by atoms with Crippen LogP contribution in [0.4, 0.5) is 11.4 Å². The number of hydrogen-bond donors (Lipinski definition) is 1. The number of fused-ring (bicyclic) bond motifs is 2. The second-order valence-electron chi connectivity index (χ2n) is 4.37. The molecular formula is C11H11N3O3. The molecule has 0 spiro atoms. The summed E-state index contributed by atoms with van der Waals surface area (Å²) in [6.07, 6.45) is 0.905. The average molecular weight is 233 g/mol. The van der Waals surface area contributed by atoms with Crippen LogP contribution in [0.1, 0.15) is 6.42 Å². The lowest BCUT2D eigenvalue weighted by Crippen LogP contribution is -2.70. The van der Waals surface area contributed by atoms with Crippen molar-refractivity contribution >= 4 is 17.3 Å². The number of carbonyl (C=O) groups is 1. The smallest absolute Gasteiger partial charge is 0.269 e. The van der Waals surface area contributed by atoms with E-state index in [1.165, 1.54) is 12.1 Å². The Labute approximate surface area is 97.4 Å². The van der Waals surface area contributed by atoms with Gasteiger partial charge >= 0.3 is 0 Å². The minimum atomic E-state index is -0.444. The van der Waals surface area contributed by atoms with E-state index in [0.717, 1.165) is 12.1 Å². The Morgan fingerprint density at radius 1 is 1.35 bits per heavy atom. The molecule has 2 unspecified atom stereocenters. The van der Waals surface area contributed by atoms with Crippen molar-refractivity contribution in [2.24, 2.45) is 0 Å². The van der Waals surface area contributed by atoms with Crippen molar-refractivity contribution in [1.82, 2.24) is 5.32 Å². The normalized spacial score (nSPS) is 26.6. The molecule has 3 aliphatic heterocycles. The molecular weight excluding hydrogens is 222 g/mol. The number of hydrogen-bond acceptors (Lipinski definition) is 4. The van der Waals surface area contributed by atoms with Gasteiger partial charge in [-0.05, 0) is 18.6 Å². The Kier molecular flexibility index (Phi) is 2.12. The summed E-state index contributed by atoms with van der Waals surface area (Å²) in [5.74, 6) is 0.0568. The molecule has 6 nitrogen and oxygen atoms in total. The van der Waals surface area contributed by atoms with Crippen LogP contribution in [0.15, 0.2) is 24.3 Å². The minimum absolute atomic E-state index is 0.0430. The summed E-state index contributed by atoms with van der Waals surface area (Å²) in [7, 11) is 0. The van der Waals surface area contributed by atoms with Crippen LogP contribution in [0.5, 0.6) is 0 Å². The zero-order chi connectivity index (χ0) is 12.0. The van der Waals surface area contributed by atoms with Crippen molar-refractivity contribution in [1.29, 1.82) is 0 Å². The van der Waals surface area contributed by atoms with E-state index in [9.17, 15) is 14.9 Å². The lowest BCUT2D eigenvalue weighted by Gasteiger charge is -2.47. The predicted molar refractivity (Wildman–Crippen MR) is 60.8 cm³/mol. The number of nitro groups is 1. The number of carbonyl (C=O) groups excluding carboxylic acids is 1. The van der Waals surface area contributed by atoms with Gasteiger partial charge in [-0.3, -0.25) is 14.9 Å². The van der Waals surface area contributed by atoms with Crippen molar-refractivity contribution in [2.75, 3.05) is 11.4 Å². The van der Waals surface area contributed by atoms with Crippen molar-refractivity contribution < 1.29 is 9.72 Å². The third-order valence-corrected chi connectivity index (χ3v) is 3.30. The Balaban J connectivity index is 1.84. The first-order chi connectivity index (χ1) is 8.15. The highest BCUT2D eigenvalue weighted by Crippen LogP contribution is 2.28. The standard InChI is InChI=1S/C11H11N3O3/c15-11-10-5-7(12-10)6-13(11)8-1-3-9(4-2-8)14(16)17/h1-4,7,10,12H,5-6H2. The third kappa shape index (κ3) is 1.57. The first-order valence-corrected chi connectivity index (χ1v) is 5.47. The molecule has 0 saturated carbocycles. The number of benzene rings is 1. The van der Waals surface area contributed by atoms with Crippen LogP contribution in [0, 0.1) is 10.1 Å². The average Bonchev–Trinajstić information content (AvgIpc) is 2.28. The van der Waals surface area contributed by atoms with Gasteiger partial charge in [0.1, 0.15) is 0 Å². The first-order valence-electron chi connectivity index (χ1n) is 5.47. The maximum Gasteiger partial charge on any atom is 0.269 e. The van der Waals surface area contributed by atoms with Gasteiger partial charge in [0.2, 0.25) is 5.91 Å². The van der Waals surface area contributed by atoms with Gasteiger partial charge in [-0.1, -0.05) is 0 Å². The van der Waals surface area contributed by atoms with E-state index < -0.39 is 4.92 Å². The van der Waals surface area contributed by atoms with E-state index >= 15 is 0 Å². The number of nitro benzene ring substituents is 1. The first kappa shape index (κ1) is 10.2. The SMILES string of the molecule is O=C1C2CC(CN1c1ccc([N+](=O)[O-])cc1)N2. The number of piperazine rings is 1. The molecule has 3 aliphatic rings. The number of amides is 1. The van der Waals surface area contributed by atoms with Crippen LogP contribution in [0.3, 0.4) is 0 Å². The van der Waals surface area contributed by atoms with Gasteiger partial charge in [0.05, 0.1) is 11.0 Å². The molecule has 3 saturated heterocycles.